The van der Waals surface area contributed by atoms with E-state index in [1.165, 1.54) is 0 Å². The summed E-state index contributed by atoms with van der Waals surface area (Å²) in [6.45, 7) is 11.4. The number of hydrogen-bond donors (Lipinski definition) is 0. The fourth-order valence-corrected chi connectivity index (χ4v) is 1.53. The first kappa shape index (κ1) is 8.53. The van der Waals surface area contributed by atoms with Crippen molar-refractivity contribution in [2.75, 3.05) is 13.1 Å². The maximum Gasteiger partial charge on any atom is 0.0821 e. The maximum atomic E-state index is 5.68. The lowest BCUT2D eigenvalue weighted by molar-refractivity contribution is -0.128. The molecule has 0 aromatic carbocycles. The highest BCUT2D eigenvalue weighted by Crippen LogP contribution is 2.20. The molecule has 0 spiro atoms. The van der Waals surface area contributed by atoms with Crippen LogP contribution in [0.1, 0.15) is 20.8 Å². The third-order valence-electron chi connectivity index (χ3n) is 1.75. The molecule has 1 rings (SSSR count). The van der Waals surface area contributed by atoms with Gasteiger partial charge >= 0.3 is 0 Å². The fourth-order valence-electron chi connectivity index (χ4n) is 1.53. The molecule has 0 aromatic rings. The zero-order valence-electron chi connectivity index (χ0n) is 7.50. The van der Waals surface area contributed by atoms with Gasteiger partial charge in [0.1, 0.15) is 0 Å². The Kier molecular flexibility index (Phi) is 2.18. The lowest BCUT2D eigenvalue weighted by Crippen LogP contribution is -2.49. The SMILES string of the molecule is C=NN1CC(C)OC(C)(C)C1. The average Bonchev–Trinajstić information content (AvgIpc) is 1.83. The fraction of sp³-hybridized carbons (Fsp3) is 0.875. The molecule has 3 heteroatoms. The van der Waals surface area contributed by atoms with Crippen LogP contribution < -0.4 is 0 Å². The zero-order chi connectivity index (χ0) is 8.48. The van der Waals surface area contributed by atoms with Gasteiger partial charge in [-0.2, -0.15) is 5.10 Å². The van der Waals surface area contributed by atoms with E-state index in [9.17, 15) is 0 Å². The van der Waals surface area contributed by atoms with Gasteiger partial charge in [0.25, 0.3) is 0 Å². The van der Waals surface area contributed by atoms with E-state index in [4.69, 9.17) is 4.74 Å². The van der Waals surface area contributed by atoms with Crippen LogP contribution in [0.4, 0.5) is 0 Å². The topological polar surface area (TPSA) is 24.8 Å². The third kappa shape index (κ3) is 2.19. The number of nitrogens with zero attached hydrogens (tertiary/aromatic N) is 2. The predicted molar refractivity (Wildman–Crippen MR) is 45.7 cm³/mol. The Balaban J connectivity index is 2.57. The van der Waals surface area contributed by atoms with Gasteiger partial charge in [0.2, 0.25) is 0 Å². The van der Waals surface area contributed by atoms with Crippen molar-refractivity contribution >= 4 is 6.72 Å². The van der Waals surface area contributed by atoms with Gasteiger partial charge in [0.05, 0.1) is 24.8 Å². The standard InChI is InChI=1S/C8H16N2O/c1-7-5-10(9-4)6-8(2,3)11-7/h7H,4-6H2,1-3H3. The molecule has 0 bridgehead atoms. The number of hydrazone groups is 1. The molecule has 0 N–H and O–H groups in total. The lowest BCUT2D eigenvalue weighted by Gasteiger charge is -2.40. The molecule has 64 valence electrons. The van der Waals surface area contributed by atoms with Crippen LogP contribution in [0.15, 0.2) is 5.10 Å². The van der Waals surface area contributed by atoms with E-state index in [1.54, 1.807) is 0 Å². The van der Waals surface area contributed by atoms with E-state index >= 15 is 0 Å². The normalized spacial score (nSPS) is 30.1. The first-order valence-corrected chi connectivity index (χ1v) is 3.93. The molecule has 0 saturated carbocycles. The summed E-state index contributed by atoms with van der Waals surface area (Å²) >= 11 is 0. The highest BCUT2D eigenvalue weighted by atomic mass is 16.5. The maximum absolute atomic E-state index is 5.68. The Morgan fingerprint density at radius 2 is 2.27 bits per heavy atom. The van der Waals surface area contributed by atoms with Crippen molar-refractivity contribution in [1.29, 1.82) is 0 Å². The summed E-state index contributed by atoms with van der Waals surface area (Å²) in [7, 11) is 0. The van der Waals surface area contributed by atoms with E-state index in [0.29, 0.717) is 0 Å². The van der Waals surface area contributed by atoms with Crippen LogP contribution in [-0.4, -0.2) is 36.5 Å². The number of rotatable bonds is 1. The van der Waals surface area contributed by atoms with Crippen LogP contribution in [-0.2, 0) is 4.74 Å². The van der Waals surface area contributed by atoms with Gasteiger partial charge in [0, 0.05) is 6.72 Å². The van der Waals surface area contributed by atoms with Crippen molar-refractivity contribution in [2.45, 2.75) is 32.5 Å². The van der Waals surface area contributed by atoms with Crippen LogP contribution >= 0.6 is 0 Å². The second-order valence-electron chi connectivity index (χ2n) is 3.68. The Morgan fingerprint density at radius 1 is 1.64 bits per heavy atom. The van der Waals surface area contributed by atoms with Gasteiger partial charge in [0.15, 0.2) is 0 Å². The van der Waals surface area contributed by atoms with Crippen molar-refractivity contribution < 1.29 is 4.74 Å². The van der Waals surface area contributed by atoms with Crippen molar-refractivity contribution in [3.63, 3.8) is 0 Å². The molecule has 1 saturated heterocycles. The van der Waals surface area contributed by atoms with E-state index in [1.807, 2.05) is 5.01 Å². The second kappa shape index (κ2) is 2.81. The largest absolute Gasteiger partial charge is 0.369 e. The number of morpholine rings is 1. The Hall–Kier alpha value is -0.570. The van der Waals surface area contributed by atoms with Gasteiger partial charge in [-0.1, -0.05) is 0 Å². The summed E-state index contributed by atoms with van der Waals surface area (Å²) in [6.07, 6.45) is 0.254. The summed E-state index contributed by atoms with van der Waals surface area (Å²) < 4.78 is 5.68. The van der Waals surface area contributed by atoms with Crippen LogP contribution in [0.3, 0.4) is 0 Å². The molecular formula is C8H16N2O. The van der Waals surface area contributed by atoms with Crippen molar-refractivity contribution in [1.82, 2.24) is 5.01 Å². The molecule has 1 atom stereocenters. The molecule has 0 aliphatic carbocycles. The van der Waals surface area contributed by atoms with Crippen LogP contribution in [0.25, 0.3) is 0 Å². The quantitative estimate of drug-likeness (QED) is 0.531. The molecule has 1 fully saturated rings. The molecule has 1 aliphatic heterocycles. The van der Waals surface area contributed by atoms with Gasteiger partial charge in [-0.15, -0.1) is 0 Å². The highest BCUT2D eigenvalue weighted by Gasteiger charge is 2.30. The van der Waals surface area contributed by atoms with Crippen LogP contribution in [0, 0.1) is 0 Å². The number of hydrogen-bond acceptors (Lipinski definition) is 3. The molecule has 1 aliphatic rings. The second-order valence-corrected chi connectivity index (χ2v) is 3.68. The minimum Gasteiger partial charge on any atom is -0.369 e. The molecule has 0 radical (unpaired) electrons. The Morgan fingerprint density at radius 3 is 2.73 bits per heavy atom. The van der Waals surface area contributed by atoms with E-state index in [0.717, 1.165) is 13.1 Å². The van der Waals surface area contributed by atoms with E-state index < -0.39 is 0 Å². The summed E-state index contributed by atoms with van der Waals surface area (Å²) in [5, 5.41) is 5.85. The average molecular weight is 156 g/mol. The summed E-state index contributed by atoms with van der Waals surface area (Å²) in [5.41, 5.74) is -0.0845. The Labute approximate surface area is 68.0 Å². The molecule has 1 heterocycles. The lowest BCUT2D eigenvalue weighted by atomic mass is 10.1. The first-order chi connectivity index (χ1) is 5.03. The molecule has 1 unspecified atom stereocenters. The zero-order valence-corrected chi connectivity index (χ0v) is 7.50. The van der Waals surface area contributed by atoms with Crippen molar-refractivity contribution in [3.8, 4) is 0 Å². The molecule has 0 amide bonds. The summed E-state index contributed by atoms with van der Waals surface area (Å²) in [6, 6.07) is 0. The van der Waals surface area contributed by atoms with E-state index in [-0.39, 0.29) is 11.7 Å². The minimum absolute atomic E-state index is 0.0845. The van der Waals surface area contributed by atoms with Gasteiger partial charge < -0.3 is 4.74 Å². The third-order valence-corrected chi connectivity index (χ3v) is 1.75. The van der Waals surface area contributed by atoms with Gasteiger partial charge in [-0.05, 0) is 20.8 Å². The van der Waals surface area contributed by atoms with Crippen LogP contribution in [0.5, 0.6) is 0 Å². The predicted octanol–water partition coefficient (Wildman–Crippen LogP) is 1.10. The summed E-state index contributed by atoms with van der Waals surface area (Å²) in [5.74, 6) is 0. The van der Waals surface area contributed by atoms with Gasteiger partial charge in [-0.3, -0.25) is 5.01 Å². The molecule has 0 aromatic heterocycles. The highest BCUT2D eigenvalue weighted by molar-refractivity contribution is 5.22. The Bertz CT molecular complexity index is 156. The van der Waals surface area contributed by atoms with Crippen LogP contribution in [0.2, 0.25) is 0 Å². The smallest absolute Gasteiger partial charge is 0.0821 e. The van der Waals surface area contributed by atoms with E-state index in [2.05, 4.69) is 32.6 Å². The monoisotopic (exact) mass is 156 g/mol. The number of ether oxygens (including phenoxy) is 1. The minimum atomic E-state index is -0.0845. The first-order valence-electron chi connectivity index (χ1n) is 3.93. The van der Waals surface area contributed by atoms with Crippen molar-refractivity contribution in [2.24, 2.45) is 5.10 Å². The molecule has 3 nitrogen and oxygen atoms in total. The summed E-state index contributed by atoms with van der Waals surface area (Å²) in [4.78, 5) is 0. The molecule has 11 heavy (non-hydrogen) atoms. The van der Waals surface area contributed by atoms with Crippen molar-refractivity contribution in [3.05, 3.63) is 0 Å². The molecular weight excluding hydrogens is 140 g/mol. The van der Waals surface area contributed by atoms with Gasteiger partial charge in [-0.25, -0.2) is 0 Å².